The summed E-state index contributed by atoms with van der Waals surface area (Å²) in [6.07, 6.45) is 1.24. The molecule has 0 aromatic rings. The Hall–Kier alpha value is -0.870. The second-order valence-corrected chi connectivity index (χ2v) is 3.26. The fourth-order valence-electron chi connectivity index (χ4n) is 0.906. The summed E-state index contributed by atoms with van der Waals surface area (Å²) in [4.78, 5) is 12.3. The lowest BCUT2D eigenvalue weighted by atomic mass is 10.3. The molecule has 0 spiro atoms. The maximum atomic E-state index is 10.4. The van der Waals surface area contributed by atoms with E-state index >= 15 is 0 Å². The van der Waals surface area contributed by atoms with Gasteiger partial charge < -0.3 is 15.1 Å². The maximum absolute atomic E-state index is 10.4. The Bertz CT molecular complexity index is 199. The molecule has 0 saturated heterocycles. The van der Waals surface area contributed by atoms with Crippen molar-refractivity contribution in [3.8, 4) is 0 Å². The number of nitrogens with zero attached hydrogens (tertiary/aromatic N) is 1. The van der Waals surface area contributed by atoms with E-state index in [0.29, 0.717) is 18.7 Å². The van der Waals surface area contributed by atoms with Crippen LogP contribution in [0.4, 0.5) is 0 Å². The predicted octanol–water partition coefficient (Wildman–Crippen LogP) is 0.330. The fraction of sp³-hybridized carbons (Fsp3) is 0.667. The van der Waals surface area contributed by atoms with Gasteiger partial charge in [0.2, 0.25) is 0 Å². The minimum Gasteiger partial charge on any atom is -0.478 e. The van der Waals surface area contributed by atoms with E-state index in [0.717, 1.165) is 0 Å². The third-order valence-corrected chi connectivity index (χ3v) is 1.62. The highest BCUT2D eigenvalue weighted by molar-refractivity contribution is 5.85. The van der Waals surface area contributed by atoms with Crippen LogP contribution in [0.25, 0.3) is 0 Å². The first-order valence-electron chi connectivity index (χ1n) is 4.20. The molecule has 0 rings (SSSR count). The Morgan fingerprint density at radius 1 is 1.62 bits per heavy atom. The highest BCUT2D eigenvalue weighted by Crippen LogP contribution is 1.94. The van der Waals surface area contributed by atoms with E-state index in [4.69, 9.17) is 10.2 Å². The third kappa shape index (κ3) is 6.31. The first-order valence-corrected chi connectivity index (χ1v) is 4.20. The molecule has 0 bridgehead atoms. The van der Waals surface area contributed by atoms with Crippen LogP contribution in [-0.4, -0.2) is 47.3 Å². The van der Waals surface area contributed by atoms with Gasteiger partial charge in [-0.3, -0.25) is 0 Å². The zero-order chi connectivity index (χ0) is 10.4. The molecule has 0 aromatic carbocycles. The zero-order valence-electron chi connectivity index (χ0n) is 8.32. The molecule has 13 heavy (non-hydrogen) atoms. The van der Waals surface area contributed by atoms with E-state index in [1.165, 1.54) is 0 Å². The van der Waals surface area contributed by atoms with Crippen LogP contribution >= 0.6 is 0 Å². The summed E-state index contributed by atoms with van der Waals surface area (Å²) in [5, 5.41) is 17.6. The molecule has 0 heterocycles. The highest BCUT2D eigenvalue weighted by atomic mass is 16.4. The van der Waals surface area contributed by atoms with E-state index in [2.05, 4.69) is 0 Å². The molecule has 0 aliphatic carbocycles. The molecule has 1 atom stereocenters. The van der Waals surface area contributed by atoms with Crippen molar-refractivity contribution in [3.05, 3.63) is 11.6 Å². The predicted molar refractivity (Wildman–Crippen MR) is 50.6 cm³/mol. The van der Waals surface area contributed by atoms with Crippen molar-refractivity contribution in [3.63, 3.8) is 0 Å². The molecular weight excluding hydrogens is 170 g/mol. The number of carbonyl (C=O) groups is 1. The first kappa shape index (κ1) is 12.1. The second kappa shape index (κ2) is 5.72. The molecule has 1 unspecified atom stereocenters. The number of hydrogen-bond acceptors (Lipinski definition) is 3. The number of carboxylic acids is 1. The third-order valence-electron chi connectivity index (χ3n) is 1.62. The number of aliphatic hydroxyl groups is 1. The quantitative estimate of drug-likeness (QED) is 0.609. The van der Waals surface area contributed by atoms with Gasteiger partial charge >= 0.3 is 5.97 Å². The Morgan fingerprint density at radius 3 is 2.54 bits per heavy atom. The molecule has 4 nitrogen and oxygen atoms in total. The Morgan fingerprint density at radius 2 is 2.15 bits per heavy atom. The van der Waals surface area contributed by atoms with Crippen LogP contribution in [-0.2, 0) is 4.79 Å². The lowest BCUT2D eigenvalue weighted by Gasteiger charge is -2.15. The Kier molecular flexibility index (Phi) is 5.34. The number of aliphatic carboxylic acids is 1. The van der Waals surface area contributed by atoms with E-state index in [-0.39, 0.29) is 6.10 Å². The van der Waals surface area contributed by atoms with E-state index in [1.54, 1.807) is 19.9 Å². The molecule has 0 saturated carbocycles. The van der Waals surface area contributed by atoms with Gasteiger partial charge in [0.25, 0.3) is 0 Å². The van der Waals surface area contributed by atoms with Gasteiger partial charge in [-0.05, 0) is 20.9 Å². The van der Waals surface area contributed by atoms with Gasteiger partial charge in [0.15, 0.2) is 0 Å². The van der Waals surface area contributed by atoms with Crippen LogP contribution < -0.4 is 0 Å². The number of hydrogen-bond donors (Lipinski definition) is 2. The van der Waals surface area contributed by atoms with Gasteiger partial charge in [0, 0.05) is 18.7 Å². The van der Waals surface area contributed by atoms with Crippen LogP contribution in [0.5, 0.6) is 0 Å². The summed E-state index contributed by atoms with van der Waals surface area (Å²) in [6.45, 7) is 4.34. The van der Waals surface area contributed by atoms with Gasteiger partial charge in [-0.25, -0.2) is 4.79 Å². The minimum atomic E-state index is -0.898. The second-order valence-electron chi connectivity index (χ2n) is 3.26. The zero-order valence-corrected chi connectivity index (χ0v) is 8.32. The van der Waals surface area contributed by atoms with Gasteiger partial charge in [-0.1, -0.05) is 6.08 Å². The maximum Gasteiger partial charge on any atom is 0.330 e. The average molecular weight is 187 g/mol. The number of likely N-dealkylation sites (N-methyl/N-ethyl adjacent to an activating group) is 1. The van der Waals surface area contributed by atoms with Crippen molar-refractivity contribution in [1.82, 2.24) is 4.90 Å². The van der Waals surface area contributed by atoms with Crippen LogP contribution in [0.15, 0.2) is 11.6 Å². The molecule has 0 aromatic heterocycles. The van der Waals surface area contributed by atoms with Crippen molar-refractivity contribution in [1.29, 1.82) is 0 Å². The van der Waals surface area contributed by atoms with Crippen molar-refractivity contribution < 1.29 is 15.0 Å². The molecule has 76 valence electrons. The summed E-state index contributed by atoms with van der Waals surface area (Å²) in [7, 11) is 1.83. The molecule has 0 aliphatic rings. The summed E-state index contributed by atoms with van der Waals surface area (Å²) >= 11 is 0. The Balaban J connectivity index is 3.87. The molecular formula is C9H17NO3. The van der Waals surface area contributed by atoms with E-state index in [9.17, 15) is 4.79 Å². The monoisotopic (exact) mass is 187 g/mol. The molecule has 0 aliphatic heterocycles. The summed E-state index contributed by atoms with van der Waals surface area (Å²) < 4.78 is 0. The van der Waals surface area contributed by atoms with Crippen LogP contribution in [0.1, 0.15) is 13.8 Å². The Labute approximate surface area is 78.5 Å². The number of aliphatic hydroxyl groups excluding tert-OH is 1. The normalized spacial score (nSPS) is 14.7. The van der Waals surface area contributed by atoms with Crippen LogP contribution in [0.3, 0.4) is 0 Å². The lowest BCUT2D eigenvalue weighted by Crippen LogP contribution is -2.27. The smallest absolute Gasteiger partial charge is 0.330 e. The summed E-state index contributed by atoms with van der Waals surface area (Å²) in [5.74, 6) is -0.898. The largest absolute Gasteiger partial charge is 0.478 e. The summed E-state index contributed by atoms with van der Waals surface area (Å²) in [5.41, 5.74) is 0.331. The van der Waals surface area contributed by atoms with E-state index in [1.807, 2.05) is 11.9 Å². The fourth-order valence-corrected chi connectivity index (χ4v) is 0.906. The molecule has 4 heteroatoms. The molecule has 0 radical (unpaired) electrons. The van der Waals surface area contributed by atoms with E-state index < -0.39 is 5.97 Å². The molecule has 0 fully saturated rings. The van der Waals surface area contributed by atoms with Crippen molar-refractivity contribution in [2.24, 2.45) is 0 Å². The van der Waals surface area contributed by atoms with Crippen LogP contribution in [0.2, 0.25) is 0 Å². The topological polar surface area (TPSA) is 60.8 Å². The standard InChI is InChI=1S/C9H17NO3/c1-7(9(12)13)4-5-10(3)6-8(2)11/h4,8,11H,5-6H2,1-3H3,(H,12,13). The minimum absolute atomic E-state index is 0.331. The average Bonchev–Trinajstić information content (AvgIpc) is 1.98. The highest BCUT2D eigenvalue weighted by Gasteiger charge is 2.03. The van der Waals surface area contributed by atoms with Gasteiger partial charge in [0.1, 0.15) is 0 Å². The molecule has 2 N–H and O–H groups in total. The lowest BCUT2D eigenvalue weighted by molar-refractivity contribution is -0.132. The van der Waals surface area contributed by atoms with Gasteiger partial charge in [-0.2, -0.15) is 0 Å². The number of carboxylic acid groups (broad SMARTS) is 1. The van der Waals surface area contributed by atoms with Gasteiger partial charge in [-0.15, -0.1) is 0 Å². The van der Waals surface area contributed by atoms with Crippen molar-refractivity contribution >= 4 is 5.97 Å². The van der Waals surface area contributed by atoms with Crippen LogP contribution in [0, 0.1) is 0 Å². The number of rotatable bonds is 5. The molecule has 0 amide bonds. The first-order chi connectivity index (χ1) is 5.93. The summed E-state index contributed by atoms with van der Waals surface area (Å²) in [6, 6.07) is 0. The SMILES string of the molecule is CC(=CCN(C)CC(C)O)C(=O)O. The van der Waals surface area contributed by atoms with Gasteiger partial charge in [0.05, 0.1) is 6.10 Å². The van der Waals surface area contributed by atoms with Crippen molar-refractivity contribution in [2.75, 3.05) is 20.1 Å². The van der Waals surface area contributed by atoms with Crippen molar-refractivity contribution in [2.45, 2.75) is 20.0 Å².